The molecular weight excluding hydrogens is 302 g/mol. The predicted molar refractivity (Wildman–Crippen MR) is 97.2 cm³/mol. The Bertz CT molecular complexity index is 556. The van der Waals surface area contributed by atoms with Crippen LogP contribution in [0.3, 0.4) is 0 Å². The molecule has 1 aromatic heterocycles. The number of amides is 1. The molecule has 24 heavy (non-hydrogen) atoms. The van der Waals surface area contributed by atoms with E-state index < -0.39 is 0 Å². The maximum atomic E-state index is 12.2. The fourth-order valence-electron chi connectivity index (χ4n) is 2.72. The van der Waals surface area contributed by atoms with Crippen LogP contribution < -0.4 is 10.6 Å². The number of hydrogen-bond donors (Lipinski definition) is 2. The van der Waals surface area contributed by atoms with Gasteiger partial charge in [0.2, 0.25) is 5.95 Å². The molecule has 6 heteroatoms. The first kappa shape index (κ1) is 18.4. The molecule has 0 radical (unpaired) electrons. The van der Waals surface area contributed by atoms with Crippen molar-refractivity contribution < 1.29 is 4.79 Å². The van der Waals surface area contributed by atoms with Crippen molar-refractivity contribution in [3.05, 3.63) is 29.6 Å². The Morgan fingerprint density at radius 3 is 2.92 bits per heavy atom. The van der Waals surface area contributed by atoms with E-state index in [9.17, 15) is 4.79 Å². The second-order valence-corrected chi connectivity index (χ2v) is 6.46. The molecule has 0 aromatic carbocycles. The van der Waals surface area contributed by atoms with Gasteiger partial charge in [-0.3, -0.25) is 4.79 Å². The second kappa shape index (κ2) is 10.0. The molecule has 0 saturated carbocycles. The average Bonchev–Trinajstić information content (AvgIpc) is 2.60. The van der Waals surface area contributed by atoms with E-state index in [1.54, 1.807) is 12.3 Å². The lowest BCUT2D eigenvalue weighted by Gasteiger charge is -2.13. The lowest BCUT2D eigenvalue weighted by molar-refractivity contribution is 0.0949. The summed E-state index contributed by atoms with van der Waals surface area (Å²) < 4.78 is 0. The van der Waals surface area contributed by atoms with Crippen LogP contribution in [0.5, 0.6) is 0 Å². The molecule has 0 spiro atoms. The van der Waals surface area contributed by atoms with Gasteiger partial charge in [0, 0.05) is 19.3 Å². The van der Waals surface area contributed by atoms with Crippen LogP contribution in [-0.2, 0) is 0 Å². The number of aromatic nitrogens is 2. The minimum Gasteiger partial charge on any atom is -0.354 e. The van der Waals surface area contributed by atoms with Crippen molar-refractivity contribution in [1.29, 1.82) is 0 Å². The number of nitrogens with zero attached hydrogens (tertiary/aromatic N) is 3. The third kappa shape index (κ3) is 6.66. The summed E-state index contributed by atoms with van der Waals surface area (Å²) in [5, 5.41) is 6.12. The van der Waals surface area contributed by atoms with E-state index in [4.69, 9.17) is 0 Å². The van der Waals surface area contributed by atoms with Crippen LogP contribution in [0, 0.1) is 0 Å². The molecule has 0 saturated heterocycles. The summed E-state index contributed by atoms with van der Waals surface area (Å²) >= 11 is 0. The molecule has 6 nitrogen and oxygen atoms in total. The molecule has 2 N–H and O–H groups in total. The number of carbonyl (C=O) groups is 1. The van der Waals surface area contributed by atoms with Gasteiger partial charge in [0.15, 0.2) is 0 Å². The van der Waals surface area contributed by atoms with Gasteiger partial charge in [-0.2, -0.15) is 0 Å². The topological polar surface area (TPSA) is 70.2 Å². The summed E-state index contributed by atoms with van der Waals surface area (Å²) in [7, 11) is 4.09. The van der Waals surface area contributed by atoms with Crippen LogP contribution >= 0.6 is 0 Å². The normalized spacial score (nSPS) is 14.4. The van der Waals surface area contributed by atoms with Crippen molar-refractivity contribution in [1.82, 2.24) is 20.2 Å². The highest BCUT2D eigenvalue weighted by atomic mass is 16.1. The number of nitrogens with one attached hydrogen (secondary N) is 2. The van der Waals surface area contributed by atoms with Gasteiger partial charge in [0.05, 0.1) is 0 Å². The van der Waals surface area contributed by atoms with Crippen LogP contribution in [0.25, 0.3) is 0 Å². The maximum Gasteiger partial charge on any atom is 0.270 e. The summed E-state index contributed by atoms with van der Waals surface area (Å²) in [6, 6.07) is 1.65. The van der Waals surface area contributed by atoms with Crippen molar-refractivity contribution in [3.8, 4) is 0 Å². The lowest BCUT2D eigenvalue weighted by Crippen LogP contribution is -2.26. The summed E-state index contributed by atoms with van der Waals surface area (Å²) in [6.07, 6.45) is 10.8. The molecule has 2 rings (SSSR count). The zero-order valence-electron chi connectivity index (χ0n) is 14.8. The van der Waals surface area contributed by atoms with Gasteiger partial charge in [0.1, 0.15) is 5.69 Å². The molecule has 0 atom stereocenters. The van der Waals surface area contributed by atoms with Crippen LogP contribution in [0.4, 0.5) is 5.95 Å². The number of allylic oxidation sites excluding steroid dienone is 1. The SMILES string of the molecule is CN(C)CCCNc1nccc(C(=O)NCCC2=CCCCC2)n1. The molecule has 0 bridgehead atoms. The summed E-state index contributed by atoms with van der Waals surface area (Å²) in [6.45, 7) is 2.46. The zero-order chi connectivity index (χ0) is 17.2. The first-order valence-corrected chi connectivity index (χ1v) is 8.83. The maximum absolute atomic E-state index is 12.2. The smallest absolute Gasteiger partial charge is 0.270 e. The van der Waals surface area contributed by atoms with Crippen LogP contribution in [0.2, 0.25) is 0 Å². The van der Waals surface area contributed by atoms with Crippen molar-refractivity contribution in [2.45, 2.75) is 38.5 Å². The molecule has 0 aliphatic heterocycles. The van der Waals surface area contributed by atoms with Gasteiger partial charge < -0.3 is 15.5 Å². The van der Waals surface area contributed by atoms with Gasteiger partial charge in [-0.15, -0.1) is 0 Å². The number of hydrogen-bond acceptors (Lipinski definition) is 5. The summed E-state index contributed by atoms with van der Waals surface area (Å²) in [5.41, 5.74) is 1.88. The van der Waals surface area contributed by atoms with E-state index >= 15 is 0 Å². The molecule has 1 aliphatic carbocycles. The summed E-state index contributed by atoms with van der Waals surface area (Å²) in [4.78, 5) is 22.8. The van der Waals surface area contributed by atoms with Crippen LogP contribution in [-0.4, -0.2) is 54.5 Å². The van der Waals surface area contributed by atoms with Crippen molar-refractivity contribution in [3.63, 3.8) is 0 Å². The van der Waals surface area contributed by atoms with Gasteiger partial charge in [-0.25, -0.2) is 9.97 Å². The number of carbonyl (C=O) groups excluding carboxylic acids is 1. The van der Waals surface area contributed by atoms with Crippen molar-refractivity contribution >= 4 is 11.9 Å². The quantitative estimate of drug-likeness (QED) is 0.537. The molecule has 132 valence electrons. The van der Waals surface area contributed by atoms with E-state index in [0.29, 0.717) is 18.2 Å². The Labute approximate surface area is 144 Å². The Balaban J connectivity index is 1.75. The van der Waals surface area contributed by atoms with E-state index in [0.717, 1.165) is 25.9 Å². The lowest BCUT2D eigenvalue weighted by atomic mass is 9.97. The largest absolute Gasteiger partial charge is 0.354 e. The highest BCUT2D eigenvalue weighted by Gasteiger charge is 2.09. The predicted octanol–water partition coefficient (Wildman–Crippen LogP) is 2.46. The standard InChI is InChI=1S/C18H29N5O/c1-23(2)14-6-11-20-18-21-13-10-16(22-18)17(24)19-12-9-15-7-4-3-5-8-15/h7,10,13H,3-6,8-9,11-12,14H2,1-2H3,(H,19,24)(H,20,21,22). The molecule has 1 amide bonds. The fourth-order valence-corrected chi connectivity index (χ4v) is 2.72. The number of rotatable bonds is 9. The Morgan fingerprint density at radius 1 is 1.29 bits per heavy atom. The average molecular weight is 331 g/mol. The minimum absolute atomic E-state index is 0.134. The molecule has 0 fully saturated rings. The van der Waals surface area contributed by atoms with Gasteiger partial charge in [-0.1, -0.05) is 11.6 Å². The fraction of sp³-hybridized carbons (Fsp3) is 0.611. The first-order valence-electron chi connectivity index (χ1n) is 8.83. The summed E-state index contributed by atoms with van der Waals surface area (Å²) in [5.74, 6) is 0.376. The van der Waals surface area contributed by atoms with Crippen molar-refractivity contribution in [2.24, 2.45) is 0 Å². The van der Waals surface area contributed by atoms with E-state index in [2.05, 4.69) is 31.6 Å². The third-order valence-electron chi connectivity index (χ3n) is 4.07. The molecular formula is C18H29N5O. The van der Waals surface area contributed by atoms with Gasteiger partial charge in [0.25, 0.3) is 5.91 Å². The molecule has 1 aromatic rings. The zero-order valence-corrected chi connectivity index (χ0v) is 14.8. The molecule has 1 heterocycles. The van der Waals surface area contributed by atoms with Crippen LogP contribution in [0.1, 0.15) is 49.0 Å². The van der Waals surface area contributed by atoms with E-state index in [-0.39, 0.29) is 5.91 Å². The Kier molecular flexibility index (Phi) is 7.68. The Hall–Kier alpha value is -1.95. The van der Waals surface area contributed by atoms with E-state index in [1.165, 1.54) is 31.3 Å². The second-order valence-electron chi connectivity index (χ2n) is 6.46. The van der Waals surface area contributed by atoms with Crippen molar-refractivity contribution in [2.75, 3.05) is 39.0 Å². The monoisotopic (exact) mass is 331 g/mol. The highest BCUT2D eigenvalue weighted by Crippen LogP contribution is 2.19. The highest BCUT2D eigenvalue weighted by molar-refractivity contribution is 5.92. The first-order chi connectivity index (χ1) is 11.6. The third-order valence-corrected chi connectivity index (χ3v) is 4.07. The molecule has 1 aliphatic rings. The van der Waals surface area contributed by atoms with Crippen LogP contribution in [0.15, 0.2) is 23.9 Å². The Morgan fingerprint density at radius 2 is 2.17 bits per heavy atom. The van der Waals surface area contributed by atoms with Gasteiger partial charge in [-0.05, 0) is 65.2 Å². The minimum atomic E-state index is -0.134. The van der Waals surface area contributed by atoms with Gasteiger partial charge >= 0.3 is 0 Å². The number of anilines is 1. The molecule has 0 unspecified atom stereocenters. The van der Waals surface area contributed by atoms with E-state index in [1.807, 2.05) is 14.1 Å².